The van der Waals surface area contributed by atoms with Crippen molar-refractivity contribution in [3.63, 3.8) is 0 Å². The Kier molecular flexibility index (Phi) is 3.31. The van der Waals surface area contributed by atoms with E-state index < -0.39 is 0 Å². The molecule has 0 amide bonds. The minimum atomic E-state index is 0.216. The maximum absolute atomic E-state index is 6.03. The summed E-state index contributed by atoms with van der Waals surface area (Å²) in [4.78, 5) is 4.62. The van der Waals surface area contributed by atoms with Gasteiger partial charge in [0.1, 0.15) is 5.52 Å². The molecule has 1 heterocycles. The first-order valence-corrected chi connectivity index (χ1v) is 7.27. The number of aryl methyl sites for hydroxylation is 1. The molecular weight excluding hydrogens is 236 g/mol. The van der Waals surface area contributed by atoms with Gasteiger partial charge in [-0.1, -0.05) is 25.3 Å². The fraction of sp³-hybridized carbons (Fsp3) is 0.562. The van der Waals surface area contributed by atoms with Crippen LogP contribution in [0.5, 0.6) is 0 Å². The van der Waals surface area contributed by atoms with Crippen LogP contribution in [0.25, 0.3) is 11.1 Å². The average molecular weight is 258 g/mol. The van der Waals surface area contributed by atoms with Crippen molar-refractivity contribution < 1.29 is 4.42 Å². The number of benzene rings is 1. The highest BCUT2D eigenvalue weighted by Crippen LogP contribution is 2.38. The van der Waals surface area contributed by atoms with E-state index in [0.717, 1.165) is 30.0 Å². The SMILES string of the molecule is Cc1ccc2nc(CC3(CN)CCCCC3)oc2c1. The Bertz CT molecular complexity index is 567. The predicted molar refractivity (Wildman–Crippen MR) is 77.0 cm³/mol. The lowest BCUT2D eigenvalue weighted by molar-refractivity contribution is 0.184. The van der Waals surface area contributed by atoms with Crippen LogP contribution >= 0.6 is 0 Å². The zero-order valence-corrected chi connectivity index (χ0v) is 11.6. The number of rotatable bonds is 3. The summed E-state index contributed by atoms with van der Waals surface area (Å²) in [6.07, 6.45) is 7.22. The first-order valence-electron chi connectivity index (χ1n) is 7.27. The smallest absolute Gasteiger partial charge is 0.196 e. The van der Waals surface area contributed by atoms with Gasteiger partial charge in [0.05, 0.1) is 0 Å². The number of hydrogen-bond donors (Lipinski definition) is 1. The van der Waals surface area contributed by atoms with Gasteiger partial charge >= 0.3 is 0 Å². The highest BCUT2D eigenvalue weighted by atomic mass is 16.3. The van der Waals surface area contributed by atoms with Crippen LogP contribution in [0.1, 0.15) is 43.6 Å². The van der Waals surface area contributed by atoms with Crippen molar-refractivity contribution in [2.45, 2.75) is 45.4 Å². The zero-order chi connectivity index (χ0) is 13.3. The van der Waals surface area contributed by atoms with Gasteiger partial charge in [0.25, 0.3) is 0 Å². The second-order valence-electron chi connectivity index (χ2n) is 6.02. The highest BCUT2D eigenvalue weighted by Gasteiger charge is 2.32. The van der Waals surface area contributed by atoms with Gasteiger partial charge in [0.15, 0.2) is 11.5 Å². The zero-order valence-electron chi connectivity index (χ0n) is 11.6. The van der Waals surface area contributed by atoms with Crippen LogP contribution in [0.3, 0.4) is 0 Å². The summed E-state index contributed by atoms with van der Waals surface area (Å²) in [5, 5.41) is 0. The third kappa shape index (κ3) is 2.52. The summed E-state index contributed by atoms with van der Waals surface area (Å²) in [6.45, 7) is 2.81. The molecule has 0 unspecified atom stereocenters. The highest BCUT2D eigenvalue weighted by molar-refractivity contribution is 5.73. The standard InChI is InChI=1S/C16H22N2O/c1-12-5-6-13-14(9-12)19-15(18-13)10-16(11-17)7-3-2-4-8-16/h5-6,9H,2-4,7-8,10-11,17H2,1H3. The van der Waals surface area contributed by atoms with Gasteiger partial charge in [0, 0.05) is 6.42 Å². The summed E-state index contributed by atoms with van der Waals surface area (Å²) < 4.78 is 5.91. The number of hydrogen-bond acceptors (Lipinski definition) is 3. The molecule has 2 aromatic rings. The molecule has 0 bridgehead atoms. The molecule has 1 aliphatic rings. The molecule has 2 N–H and O–H groups in total. The molecule has 102 valence electrons. The first-order chi connectivity index (χ1) is 9.21. The molecule has 1 aromatic carbocycles. The summed E-state index contributed by atoms with van der Waals surface area (Å²) in [6, 6.07) is 6.17. The largest absolute Gasteiger partial charge is 0.441 e. The van der Waals surface area contributed by atoms with Crippen molar-refractivity contribution >= 4 is 11.1 Å². The van der Waals surface area contributed by atoms with E-state index in [1.165, 1.54) is 37.7 Å². The van der Waals surface area contributed by atoms with Gasteiger partial charge in [-0.15, -0.1) is 0 Å². The van der Waals surface area contributed by atoms with Crippen LogP contribution in [0.15, 0.2) is 22.6 Å². The Balaban J connectivity index is 1.87. The molecule has 0 radical (unpaired) electrons. The summed E-state index contributed by atoms with van der Waals surface area (Å²) in [5.41, 5.74) is 9.32. The van der Waals surface area contributed by atoms with Crippen LogP contribution < -0.4 is 5.73 Å². The van der Waals surface area contributed by atoms with E-state index in [9.17, 15) is 0 Å². The van der Waals surface area contributed by atoms with Crippen LogP contribution in [0.4, 0.5) is 0 Å². The Morgan fingerprint density at radius 2 is 2.05 bits per heavy atom. The van der Waals surface area contributed by atoms with Crippen molar-refractivity contribution in [3.05, 3.63) is 29.7 Å². The van der Waals surface area contributed by atoms with Gasteiger partial charge in [-0.2, -0.15) is 0 Å². The lowest BCUT2D eigenvalue weighted by atomic mass is 9.72. The van der Waals surface area contributed by atoms with Gasteiger partial charge in [-0.25, -0.2) is 4.98 Å². The summed E-state index contributed by atoms with van der Waals surface area (Å²) in [5.74, 6) is 0.855. The van der Waals surface area contributed by atoms with E-state index in [1.807, 2.05) is 6.07 Å². The van der Waals surface area contributed by atoms with Crippen molar-refractivity contribution in [3.8, 4) is 0 Å². The number of aromatic nitrogens is 1. The van der Waals surface area contributed by atoms with E-state index in [1.54, 1.807) is 0 Å². The number of nitrogens with zero attached hydrogens (tertiary/aromatic N) is 1. The van der Waals surface area contributed by atoms with E-state index in [0.29, 0.717) is 0 Å². The molecule has 3 nitrogen and oxygen atoms in total. The van der Waals surface area contributed by atoms with E-state index in [-0.39, 0.29) is 5.41 Å². The average Bonchev–Trinajstić information content (AvgIpc) is 2.81. The molecule has 0 saturated heterocycles. The molecule has 0 spiro atoms. The minimum Gasteiger partial charge on any atom is -0.441 e. The van der Waals surface area contributed by atoms with Gasteiger partial charge in [-0.3, -0.25) is 0 Å². The fourth-order valence-electron chi connectivity index (χ4n) is 3.23. The lowest BCUT2D eigenvalue weighted by Gasteiger charge is -2.35. The van der Waals surface area contributed by atoms with Crippen molar-refractivity contribution in [2.75, 3.05) is 6.54 Å². The topological polar surface area (TPSA) is 52.0 Å². The number of nitrogens with two attached hydrogens (primary N) is 1. The van der Waals surface area contributed by atoms with E-state index >= 15 is 0 Å². The van der Waals surface area contributed by atoms with Crippen LogP contribution in [-0.4, -0.2) is 11.5 Å². The fourth-order valence-corrected chi connectivity index (χ4v) is 3.23. The summed E-state index contributed by atoms with van der Waals surface area (Å²) >= 11 is 0. The Morgan fingerprint density at radius 3 is 2.79 bits per heavy atom. The van der Waals surface area contributed by atoms with Gasteiger partial charge in [-0.05, 0) is 49.4 Å². The maximum Gasteiger partial charge on any atom is 0.196 e. The molecule has 19 heavy (non-hydrogen) atoms. The lowest BCUT2D eigenvalue weighted by Crippen LogP contribution is -2.35. The molecule has 3 heteroatoms. The van der Waals surface area contributed by atoms with Crippen molar-refractivity contribution in [1.29, 1.82) is 0 Å². The van der Waals surface area contributed by atoms with E-state index in [4.69, 9.17) is 10.2 Å². The van der Waals surface area contributed by atoms with Crippen LogP contribution in [0, 0.1) is 12.3 Å². The number of oxazole rings is 1. The third-order valence-electron chi connectivity index (χ3n) is 4.46. The van der Waals surface area contributed by atoms with Crippen LogP contribution in [0.2, 0.25) is 0 Å². The molecular formula is C16H22N2O. The Labute approximate surface area is 114 Å². The molecule has 3 rings (SSSR count). The minimum absolute atomic E-state index is 0.216. The Morgan fingerprint density at radius 1 is 1.26 bits per heavy atom. The molecule has 0 aliphatic heterocycles. The third-order valence-corrected chi connectivity index (χ3v) is 4.46. The van der Waals surface area contributed by atoms with Gasteiger partial charge in [0.2, 0.25) is 0 Å². The quantitative estimate of drug-likeness (QED) is 0.915. The van der Waals surface area contributed by atoms with Crippen molar-refractivity contribution in [1.82, 2.24) is 4.98 Å². The second kappa shape index (κ2) is 4.97. The normalized spacial score (nSPS) is 18.8. The van der Waals surface area contributed by atoms with Crippen molar-refractivity contribution in [2.24, 2.45) is 11.1 Å². The molecule has 1 aromatic heterocycles. The molecule has 0 atom stereocenters. The van der Waals surface area contributed by atoms with Crippen LogP contribution in [-0.2, 0) is 6.42 Å². The first kappa shape index (κ1) is 12.7. The van der Waals surface area contributed by atoms with E-state index in [2.05, 4.69) is 24.0 Å². The van der Waals surface area contributed by atoms with Gasteiger partial charge < -0.3 is 10.2 Å². The monoisotopic (exact) mass is 258 g/mol. The number of fused-ring (bicyclic) bond motifs is 1. The molecule has 1 aliphatic carbocycles. The Hall–Kier alpha value is -1.35. The molecule has 1 fully saturated rings. The molecule has 1 saturated carbocycles. The summed E-state index contributed by atoms with van der Waals surface area (Å²) in [7, 11) is 0. The second-order valence-corrected chi connectivity index (χ2v) is 6.02. The predicted octanol–water partition coefficient (Wildman–Crippen LogP) is 3.59. The maximum atomic E-state index is 6.03.